The maximum absolute atomic E-state index is 6.10. The van der Waals surface area contributed by atoms with Gasteiger partial charge in [0.15, 0.2) is 0 Å². The van der Waals surface area contributed by atoms with Gasteiger partial charge in [0.05, 0.1) is 12.2 Å². The Morgan fingerprint density at radius 2 is 1.67 bits per heavy atom. The van der Waals surface area contributed by atoms with Gasteiger partial charge in [0.25, 0.3) is 0 Å². The number of ether oxygens (including phenoxy) is 2. The zero-order valence-electron chi connectivity index (χ0n) is 12.1. The molecule has 1 unspecified atom stereocenters. The molecule has 0 saturated heterocycles. The summed E-state index contributed by atoms with van der Waals surface area (Å²) in [5.74, 6) is 1.66. The first-order chi connectivity index (χ1) is 8.43. The molecule has 1 aromatic rings. The minimum atomic E-state index is 0.00634. The first kappa shape index (κ1) is 14.8. The van der Waals surface area contributed by atoms with Gasteiger partial charge in [0.1, 0.15) is 11.5 Å². The van der Waals surface area contributed by atoms with E-state index in [0.29, 0.717) is 0 Å². The van der Waals surface area contributed by atoms with Gasteiger partial charge in [-0.3, -0.25) is 0 Å². The standard InChI is InChI=1S/C15H25NO2/c1-6-14(16)13-8-7-12(17-10(2)3)9-15(13)18-11(4)5/h7-11,14H,6,16H2,1-5H3. The van der Waals surface area contributed by atoms with E-state index in [1.807, 2.05) is 45.9 Å². The van der Waals surface area contributed by atoms with Gasteiger partial charge in [0.2, 0.25) is 0 Å². The third kappa shape index (κ3) is 4.22. The number of benzene rings is 1. The van der Waals surface area contributed by atoms with Crippen molar-refractivity contribution in [1.29, 1.82) is 0 Å². The normalized spacial score (nSPS) is 12.9. The summed E-state index contributed by atoms with van der Waals surface area (Å²) in [7, 11) is 0. The van der Waals surface area contributed by atoms with Gasteiger partial charge in [0, 0.05) is 17.7 Å². The van der Waals surface area contributed by atoms with Crippen molar-refractivity contribution < 1.29 is 9.47 Å². The van der Waals surface area contributed by atoms with Crippen LogP contribution in [0.25, 0.3) is 0 Å². The first-order valence-electron chi connectivity index (χ1n) is 6.66. The third-order valence-corrected chi connectivity index (χ3v) is 2.56. The monoisotopic (exact) mass is 251 g/mol. The number of hydrogen-bond donors (Lipinski definition) is 1. The van der Waals surface area contributed by atoms with Gasteiger partial charge >= 0.3 is 0 Å². The van der Waals surface area contributed by atoms with Crippen LogP contribution in [0.15, 0.2) is 18.2 Å². The van der Waals surface area contributed by atoms with E-state index in [9.17, 15) is 0 Å². The van der Waals surface area contributed by atoms with Gasteiger partial charge < -0.3 is 15.2 Å². The number of nitrogens with two attached hydrogens (primary N) is 1. The van der Waals surface area contributed by atoms with Crippen molar-refractivity contribution in [3.05, 3.63) is 23.8 Å². The van der Waals surface area contributed by atoms with Gasteiger partial charge in [-0.15, -0.1) is 0 Å². The topological polar surface area (TPSA) is 44.5 Å². The Morgan fingerprint density at radius 1 is 1.06 bits per heavy atom. The molecule has 1 aromatic carbocycles. The maximum atomic E-state index is 6.10. The lowest BCUT2D eigenvalue weighted by Crippen LogP contribution is -2.14. The van der Waals surface area contributed by atoms with E-state index in [-0.39, 0.29) is 18.2 Å². The summed E-state index contributed by atoms with van der Waals surface area (Å²) in [6, 6.07) is 5.90. The molecule has 3 heteroatoms. The molecule has 0 fully saturated rings. The Kier molecular flexibility index (Phi) is 5.48. The molecule has 0 aliphatic rings. The summed E-state index contributed by atoms with van der Waals surface area (Å²) < 4.78 is 11.5. The highest BCUT2D eigenvalue weighted by atomic mass is 16.5. The molecule has 2 N–H and O–H groups in total. The van der Waals surface area contributed by atoms with Crippen molar-refractivity contribution in [3.63, 3.8) is 0 Å². The summed E-state index contributed by atoms with van der Waals surface area (Å²) in [6.07, 6.45) is 1.17. The predicted molar refractivity (Wildman–Crippen MR) is 75.2 cm³/mol. The molecule has 3 nitrogen and oxygen atoms in total. The van der Waals surface area contributed by atoms with Crippen LogP contribution in [0.5, 0.6) is 11.5 Å². The molecule has 0 bridgehead atoms. The van der Waals surface area contributed by atoms with Crippen LogP contribution in [0.3, 0.4) is 0 Å². The van der Waals surface area contributed by atoms with Crippen molar-refractivity contribution in [2.45, 2.75) is 59.3 Å². The molecular weight excluding hydrogens is 226 g/mol. The predicted octanol–water partition coefficient (Wildman–Crippen LogP) is 3.67. The van der Waals surface area contributed by atoms with E-state index in [2.05, 4.69) is 6.92 Å². The zero-order chi connectivity index (χ0) is 13.7. The molecular formula is C15H25NO2. The molecule has 0 spiro atoms. The fraction of sp³-hybridized carbons (Fsp3) is 0.600. The number of rotatable bonds is 6. The van der Waals surface area contributed by atoms with Crippen LogP contribution in [-0.4, -0.2) is 12.2 Å². The molecule has 0 heterocycles. The maximum Gasteiger partial charge on any atom is 0.128 e. The first-order valence-corrected chi connectivity index (χ1v) is 6.66. The average Bonchev–Trinajstić information content (AvgIpc) is 2.26. The van der Waals surface area contributed by atoms with E-state index in [1.54, 1.807) is 0 Å². The van der Waals surface area contributed by atoms with Crippen LogP contribution in [0.2, 0.25) is 0 Å². The molecule has 18 heavy (non-hydrogen) atoms. The van der Waals surface area contributed by atoms with Gasteiger partial charge in [-0.2, -0.15) is 0 Å². The SMILES string of the molecule is CCC(N)c1ccc(OC(C)C)cc1OC(C)C. The Hall–Kier alpha value is -1.22. The highest BCUT2D eigenvalue weighted by molar-refractivity contribution is 5.42. The average molecular weight is 251 g/mol. The van der Waals surface area contributed by atoms with Crippen LogP contribution < -0.4 is 15.2 Å². The van der Waals surface area contributed by atoms with Gasteiger partial charge in [-0.05, 0) is 40.2 Å². The van der Waals surface area contributed by atoms with Gasteiger partial charge in [-0.1, -0.05) is 13.0 Å². The summed E-state index contributed by atoms with van der Waals surface area (Å²) in [6.45, 7) is 10.1. The molecule has 0 saturated carbocycles. The third-order valence-electron chi connectivity index (χ3n) is 2.56. The molecule has 0 aromatic heterocycles. The highest BCUT2D eigenvalue weighted by Crippen LogP contribution is 2.31. The highest BCUT2D eigenvalue weighted by Gasteiger charge is 2.13. The minimum absolute atomic E-state index is 0.00634. The van der Waals surface area contributed by atoms with Crippen LogP contribution >= 0.6 is 0 Å². The van der Waals surface area contributed by atoms with Crippen LogP contribution in [-0.2, 0) is 0 Å². The van der Waals surface area contributed by atoms with Crippen LogP contribution in [0.4, 0.5) is 0 Å². The molecule has 1 atom stereocenters. The fourth-order valence-corrected chi connectivity index (χ4v) is 1.74. The molecule has 102 valence electrons. The largest absolute Gasteiger partial charge is 0.491 e. The van der Waals surface area contributed by atoms with E-state index in [1.165, 1.54) is 0 Å². The fourth-order valence-electron chi connectivity index (χ4n) is 1.74. The summed E-state index contributed by atoms with van der Waals surface area (Å²) in [5.41, 5.74) is 7.15. The van der Waals surface area contributed by atoms with E-state index in [4.69, 9.17) is 15.2 Å². The quantitative estimate of drug-likeness (QED) is 0.839. The lowest BCUT2D eigenvalue weighted by molar-refractivity contribution is 0.226. The van der Waals surface area contributed by atoms with E-state index < -0.39 is 0 Å². The second-order valence-corrected chi connectivity index (χ2v) is 5.05. The zero-order valence-corrected chi connectivity index (χ0v) is 12.1. The van der Waals surface area contributed by atoms with Crippen LogP contribution in [0.1, 0.15) is 52.6 Å². The van der Waals surface area contributed by atoms with Crippen molar-refractivity contribution in [2.24, 2.45) is 5.73 Å². The lowest BCUT2D eigenvalue weighted by Gasteiger charge is -2.19. The van der Waals surface area contributed by atoms with Gasteiger partial charge in [-0.25, -0.2) is 0 Å². The van der Waals surface area contributed by atoms with Crippen LogP contribution in [0, 0.1) is 0 Å². The van der Waals surface area contributed by atoms with E-state index in [0.717, 1.165) is 23.5 Å². The molecule has 0 radical (unpaired) electrons. The van der Waals surface area contributed by atoms with E-state index >= 15 is 0 Å². The summed E-state index contributed by atoms with van der Waals surface area (Å²) in [5, 5.41) is 0. The Bertz CT molecular complexity index is 375. The number of hydrogen-bond acceptors (Lipinski definition) is 3. The van der Waals surface area contributed by atoms with Crippen molar-refractivity contribution in [1.82, 2.24) is 0 Å². The minimum Gasteiger partial charge on any atom is -0.491 e. The molecule has 0 aliphatic carbocycles. The second-order valence-electron chi connectivity index (χ2n) is 5.05. The molecule has 0 amide bonds. The molecule has 1 rings (SSSR count). The Labute approximate surface area is 110 Å². The van der Waals surface area contributed by atoms with Crippen molar-refractivity contribution in [2.75, 3.05) is 0 Å². The smallest absolute Gasteiger partial charge is 0.128 e. The lowest BCUT2D eigenvalue weighted by atomic mass is 10.0. The van der Waals surface area contributed by atoms with Crippen molar-refractivity contribution in [3.8, 4) is 11.5 Å². The summed E-state index contributed by atoms with van der Waals surface area (Å²) >= 11 is 0. The summed E-state index contributed by atoms with van der Waals surface area (Å²) in [4.78, 5) is 0. The van der Waals surface area contributed by atoms with Crippen molar-refractivity contribution >= 4 is 0 Å². The Morgan fingerprint density at radius 3 is 2.17 bits per heavy atom. The second kappa shape index (κ2) is 6.64. The Balaban J connectivity index is 3.03. The molecule has 0 aliphatic heterocycles.